The fourth-order valence-electron chi connectivity index (χ4n) is 1.85. The SMILES string of the molecule is Nc1ncnc(N2CCC[C@@H]2C(=O)O)c1Cl. The number of hydrogen-bond acceptors (Lipinski definition) is 5. The number of rotatable bonds is 2. The van der Waals surface area contributed by atoms with Gasteiger partial charge in [-0.15, -0.1) is 0 Å². The number of hydrogen-bond donors (Lipinski definition) is 2. The Kier molecular flexibility index (Phi) is 2.82. The van der Waals surface area contributed by atoms with Crippen molar-refractivity contribution in [1.29, 1.82) is 0 Å². The van der Waals surface area contributed by atoms with E-state index in [1.807, 2.05) is 0 Å². The fourth-order valence-corrected chi connectivity index (χ4v) is 2.06. The Bertz CT molecular complexity index is 426. The van der Waals surface area contributed by atoms with Crippen molar-refractivity contribution in [2.75, 3.05) is 17.2 Å². The Hall–Kier alpha value is -1.56. The monoisotopic (exact) mass is 242 g/mol. The summed E-state index contributed by atoms with van der Waals surface area (Å²) in [6, 6.07) is -0.577. The number of aromatic nitrogens is 2. The number of nitrogens with zero attached hydrogens (tertiary/aromatic N) is 3. The molecule has 2 rings (SSSR count). The topological polar surface area (TPSA) is 92.3 Å². The lowest BCUT2D eigenvalue weighted by Gasteiger charge is -2.23. The first-order valence-corrected chi connectivity index (χ1v) is 5.24. The summed E-state index contributed by atoms with van der Waals surface area (Å²) < 4.78 is 0. The summed E-state index contributed by atoms with van der Waals surface area (Å²) in [4.78, 5) is 20.4. The predicted octanol–water partition coefficient (Wildman–Crippen LogP) is 0.766. The molecule has 16 heavy (non-hydrogen) atoms. The van der Waals surface area contributed by atoms with Crippen molar-refractivity contribution in [3.8, 4) is 0 Å². The molecule has 0 aromatic carbocycles. The van der Waals surface area contributed by atoms with Crippen LogP contribution in [-0.2, 0) is 4.79 Å². The van der Waals surface area contributed by atoms with Crippen LogP contribution in [0, 0.1) is 0 Å². The first-order valence-electron chi connectivity index (χ1n) is 4.86. The van der Waals surface area contributed by atoms with E-state index in [1.54, 1.807) is 4.90 Å². The Morgan fingerprint density at radius 2 is 2.38 bits per heavy atom. The first-order chi connectivity index (χ1) is 7.61. The van der Waals surface area contributed by atoms with Gasteiger partial charge in [0.15, 0.2) is 5.82 Å². The summed E-state index contributed by atoms with van der Waals surface area (Å²) in [6.45, 7) is 0.618. The maximum absolute atomic E-state index is 11.0. The lowest BCUT2D eigenvalue weighted by molar-refractivity contribution is -0.138. The summed E-state index contributed by atoms with van der Waals surface area (Å²) in [5.41, 5.74) is 5.55. The van der Waals surface area contributed by atoms with E-state index in [0.717, 1.165) is 6.42 Å². The second-order valence-electron chi connectivity index (χ2n) is 3.59. The third-order valence-corrected chi connectivity index (χ3v) is 2.97. The zero-order valence-corrected chi connectivity index (χ0v) is 9.18. The van der Waals surface area contributed by atoms with E-state index in [9.17, 15) is 4.79 Å². The molecule has 1 aliphatic rings. The smallest absolute Gasteiger partial charge is 0.326 e. The Labute approximate surface area is 97.0 Å². The molecule has 1 aromatic rings. The molecule has 1 saturated heterocycles. The number of halogens is 1. The molecule has 1 aromatic heterocycles. The number of aliphatic carboxylic acids is 1. The van der Waals surface area contributed by atoms with Gasteiger partial charge in [-0.25, -0.2) is 14.8 Å². The summed E-state index contributed by atoms with van der Waals surface area (Å²) >= 11 is 5.96. The van der Waals surface area contributed by atoms with Crippen molar-refractivity contribution in [3.63, 3.8) is 0 Å². The maximum Gasteiger partial charge on any atom is 0.326 e. The standard InChI is InChI=1S/C9H11ClN4O2/c10-6-7(11)12-4-13-8(6)14-3-1-2-5(14)9(15)16/h4-5H,1-3H2,(H,15,16)(H2,11,12,13)/t5-/m1/s1. The number of nitrogens with two attached hydrogens (primary N) is 1. The van der Waals surface area contributed by atoms with Crippen molar-refractivity contribution in [1.82, 2.24) is 9.97 Å². The second kappa shape index (κ2) is 4.13. The van der Waals surface area contributed by atoms with E-state index in [0.29, 0.717) is 18.8 Å². The van der Waals surface area contributed by atoms with Crippen molar-refractivity contribution < 1.29 is 9.90 Å². The average Bonchev–Trinajstić information content (AvgIpc) is 2.70. The molecule has 0 radical (unpaired) electrons. The molecule has 0 spiro atoms. The minimum Gasteiger partial charge on any atom is -0.480 e. The van der Waals surface area contributed by atoms with Gasteiger partial charge in [-0.05, 0) is 12.8 Å². The van der Waals surface area contributed by atoms with Gasteiger partial charge in [-0.3, -0.25) is 0 Å². The van der Waals surface area contributed by atoms with E-state index < -0.39 is 12.0 Å². The second-order valence-corrected chi connectivity index (χ2v) is 3.96. The summed E-state index contributed by atoms with van der Waals surface area (Å²) in [7, 11) is 0. The van der Waals surface area contributed by atoms with Crippen LogP contribution in [0.1, 0.15) is 12.8 Å². The van der Waals surface area contributed by atoms with Gasteiger partial charge in [0, 0.05) is 6.54 Å². The molecule has 2 heterocycles. The van der Waals surface area contributed by atoms with E-state index in [1.165, 1.54) is 6.33 Å². The van der Waals surface area contributed by atoms with Crippen LogP contribution in [0.3, 0.4) is 0 Å². The summed E-state index contributed by atoms with van der Waals surface area (Å²) in [5, 5.41) is 9.26. The quantitative estimate of drug-likeness (QED) is 0.796. The van der Waals surface area contributed by atoms with Gasteiger partial charge in [-0.2, -0.15) is 0 Å². The molecule has 6 nitrogen and oxygen atoms in total. The number of carboxylic acid groups (broad SMARTS) is 1. The molecule has 3 N–H and O–H groups in total. The highest BCUT2D eigenvalue weighted by Crippen LogP contribution is 2.32. The molecule has 0 amide bonds. The number of anilines is 2. The van der Waals surface area contributed by atoms with Crippen molar-refractivity contribution in [2.24, 2.45) is 0 Å². The highest BCUT2D eigenvalue weighted by molar-refractivity contribution is 6.35. The van der Waals surface area contributed by atoms with Crippen LogP contribution in [0.5, 0.6) is 0 Å². The third kappa shape index (κ3) is 1.76. The van der Waals surface area contributed by atoms with Crippen LogP contribution < -0.4 is 10.6 Å². The minimum absolute atomic E-state index is 0.169. The van der Waals surface area contributed by atoms with Crippen molar-refractivity contribution in [2.45, 2.75) is 18.9 Å². The highest BCUT2D eigenvalue weighted by atomic mass is 35.5. The zero-order valence-electron chi connectivity index (χ0n) is 8.43. The van der Waals surface area contributed by atoms with Gasteiger partial charge in [0.25, 0.3) is 0 Å². The zero-order chi connectivity index (χ0) is 11.7. The van der Waals surface area contributed by atoms with Gasteiger partial charge in [-0.1, -0.05) is 11.6 Å². The van der Waals surface area contributed by atoms with Gasteiger partial charge in [0.05, 0.1) is 0 Å². The minimum atomic E-state index is -0.870. The van der Waals surface area contributed by atoms with Crippen LogP contribution in [0.25, 0.3) is 0 Å². The Balaban J connectivity index is 2.36. The Morgan fingerprint density at radius 1 is 1.62 bits per heavy atom. The van der Waals surface area contributed by atoms with Crippen LogP contribution in [-0.4, -0.2) is 33.6 Å². The normalized spacial score (nSPS) is 20.1. The van der Waals surface area contributed by atoms with Gasteiger partial charge >= 0.3 is 5.97 Å². The predicted molar refractivity (Wildman–Crippen MR) is 59.5 cm³/mol. The molecular weight excluding hydrogens is 232 g/mol. The van der Waals surface area contributed by atoms with Crippen LogP contribution >= 0.6 is 11.6 Å². The molecule has 7 heteroatoms. The van der Waals surface area contributed by atoms with Gasteiger partial charge in [0.2, 0.25) is 0 Å². The molecule has 86 valence electrons. The molecule has 1 fully saturated rings. The largest absolute Gasteiger partial charge is 0.480 e. The number of carbonyl (C=O) groups is 1. The molecule has 1 atom stereocenters. The molecule has 0 unspecified atom stereocenters. The van der Waals surface area contributed by atoms with Crippen molar-refractivity contribution >= 4 is 29.2 Å². The van der Waals surface area contributed by atoms with E-state index in [2.05, 4.69) is 9.97 Å². The van der Waals surface area contributed by atoms with E-state index >= 15 is 0 Å². The van der Waals surface area contributed by atoms with Gasteiger partial charge in [0.1, 0.15) is 23.2 Å². The fraction of sp³-hybridized carbons (Fsp3) is 0.444. The van der Waals surface area contributed by atoms with E-state index in [-0.39, 0.29) is 10.8 Å². The third-order valence-electron chi connectivity index (χ3n) is 2.61. The van der Waals surface area contributed by atoms with Crippen LogP contribution in [0.4, 0.5) is 11.6 Å². The summed E-state index contributed by atoms with van der Waals surface area (Å²) in [5.74, 6) is -0.299. The van der Waals surface area contributed by atoms with E-state index in [4.69, 9.17) is 22.4 Å². The lowest BCUT2D eigenvalue weighted by atomic mass is 10.2. The average molecular weight is 243 g/mol. The Morgan fingerprint density at radius 3 is 3.06 bits per heavy atom. The molecular formula is C9H11ClN4O2. The van der Waals surface area contributed by atoms with Crippen molar-refractivity contribution in [3.05, 3.63) is 11.3 Å². The molecule has 0 saturated carbocycles. The number of nitrogen functional groups attached to an aromatic ring is 1. The highest BCUT2D eigenvalue weighted by Gasteiger charge is 2.33. The number of carboxylic acids is 1. The lowest BCUT2D eigenvalue weighted by Crippen LogP contribution is -2.36. The molecule has 0 aliphatic carbocycles. The van der Waals surface area contributed by atoms with Crippen LogP contribution in [0.15, 0.2) is 6.33 Å². The van der Waals surface area contributed by atoms with Crippen LogP contribution in [0.2, 0.25) is 5.02 Å². The molecule has 1 aliphatic heterocycles. The first kappa shape index (κ1) is 10.9. The molecule has 0 bridgehead atoms. The van der Waals surface area contributed by atoms with Gasteiger partial charge < -0.3 is 15.7 Å². The maximum atomic E-state index is 11.0. The summed E-state index contributed by atoms with van der Waals surface area (Å²) in [6.07, 6.45) is 2.68.